The van der Waals surface area contributed by atoms with Crippen molar-refractivity contribution in [2.24, 2.45) is 7.05 Å². The number of aromatic hydroxyl groups is 1. The molecule has 1 N–H and O–H groups in total. The van der Waals surface area contributed by atoms with Gasteiger partial charge in [-0.25, -0.2) is 0 Å². The molecule has 3 heterocycles. The largest absolute Gasteiger partial charge is 0.508 e. The third-order valence-corrected chi connectivity index (χ3v) is 5.17. The summed E-state index contributed by atoms with van der Waals surface area (Å²) in [6.07, 6.45) is 4.82. The van der Waals surface area contributed by atoms with E-state index in [9.17, 15) is 5.11 Å². The number of phenolic OH excluding ortho intramolecular Hbond substituents is 1. The first-order valence-corrected chi connectivity index (χ1v) is 9.04. The lowest BCUT2D eigenvalue weighted by atomic mass is 10.00. The highest BCUT2D eigenvalue weighted by atomic mass is 16.3. The van der Waals surface area contributed by atoms with Crippen LogP contribution in [-0.4, -0.2) is 36.2 Å². The fraction of sp³-hybridized carbons (Fsp3) is 0.421. The first kappa shape index (κ1) is 16.6. The van der Waals surface area contributed by atoms with Gasteiger partial charge < -0.3 is 10.0 Å². The summed E-state index contributed by atoms with van der Waals surface area (Å²) in [6, 6.07) is 5.62. The average molecular weight is 352 g/mol. The minimum atomic E-state index is 0.138. The lowest BCUT2D eigenvalue weighted by molar-refractivity contribution is 0.473. The van der Waals surface area contributed by atoms with Gasteiger partial charge >= 0.3 is 0 Å². The Morgan fingerprint density at radius 3 is 2.81 bits per heavy atom. The van der Waals surface area contributed by atoms with Crippen molar-refractivity contribution in [3.8, 4) is 5.75 Å². The molecule has 1 atom stereocenters. The Kier molecular flexibility index (Phi) is 4.14. The Labute approximate surface area is 152 Å². The van der Waals surface area contributed by atoms with E-state index in [0.717, 1.165) is 43.4 Å². The third-order valence-electron chi connectivity index (χ3n) is 5.17. The van der Waals surface area contributed by atoms with Gasteiger partial charge in [0.15, 0.2) is 0 Å². The van der Waals surface area contributed by atoms with Crippen molar-refractivity contribution >= 4 is 5.95 Å². The van der Waals surface area contributed by atoms with Gasteiger partial charge in [0.1, 0.15) is 11.6 Å². The third kappa shape index (κ3) is 2.83. The van der Waals surface area contributed by atoms with Gasteiger partial charge in [0.2, 0.25) is 5.95 Å². The summed E-state index contributed by atoms with van der Waals surface area (Å²) in [6.45, 7) is 6.75. The zero-order valence-corrected chi connectivity index (χ0v) is 15.4. The van der Waals surface area contributed by atoms with Gasteiger partial charge in [-0.2, -0.15) is 5.10 Å². The van der Waals surface area contributed by atoms with Crippen LogP contribution >= 0.6 is 0 Å². The molecule has 0 fully saturated rings. The number of benzene rings is 1. The molecule has 7 nitrogen and oxygen atoms in total. The zero-order chi connectivity index (χ0) is 18.3. The van der Waals surface area contributed by atoms with Crippen LogP contribution in [0.3, 0.4) is 0 Å². The Balaban J connectivity index is 1.64. The Hall–Kier alpha value is -2.83. The number of hydrogen-bond acceptors (Lipinski definition) is 5. The van der Waals surface area contributed by atoms with E-state index in [1.807, 2.05) is 36.3 Å². The molecule has 4 rings (SSSR count). The second-order valence-electron chi connectivity index (χ2n) is 6.90. The number of hydrogen-bond donors (Lipinski definition) is 1. The second-order valence-corrected chi connectivity index (χ2v) is 6.90. The van der Waals surface area contributed by atoms with E-state index < -0.39 is 0 Å². The minimum Gasteiger partial charge on any atom is -0.508 e. The monoisotopic (exact) mass is 352 g/mol. The van der Waals surface area contributed by atoms with Gasteiger partial charge in [-0.15, -0.1) is 10.2 Å². The van der Waals surface area contributed by atoms with Crippen LogP contribution in [0, 0.1) is 0 Å². The fourth-order valence-corrected chi connectivity index (χ4v) is 3.69. The van der Waals surface area contributed by atoms with Crippen LogP contribution in [0.1, 0.15) is 42.3 Å². The van der Waals surface area contributed by atoms with E-state index in [4.69, 9.17) is 0 Å². The Morgan fingerprint density at radius 1 is 1.23 bits per heavy atom. The predicted octanol–water partition coefficient (Wildman–Crippen LogP) is 2.45. The molecule has 0 saturated carbocycles. The van der Waals surface area contributed by atoms with E-state index >= 15 is 0 Å². The van der Waals surface area contributed by atoms with E-state index in [1.165, 1.54) is 11.1 Å². The molecule has 0 bridgehead atoms. The molecule has 26 heavy (non-hydrogen) atoms. The van der Waals surface area contributed by atoms with Crippen LogP contribution in [0.15, 0.2) is 30.6 Å². The fourth-order valence-electron chi connectivity index (χ4n) is 3.69. The normalized spacial score (nSPS) is 15.1. The van der Waals surface area contributed by atoms with Crippen molar-refractivity contribution in [3.63, 3.8) is 0 Å². The summed E-state index contributed by atoms with van der Waals surface area (Å²) < 4.78 is 4.01. The molecule has 1 aromatic carbocycles. The van der Waals surface area contributed by atoms with Crippen LogP contribution in [-0.2, 0) is 26.6 Å². The number of fused-ring (bicyclic) bond motifs is 1. The maximum atomic E-state index is 9.68. The average Bonchev–Trinajstić information content (AvgIpc) is 3.26. The van der Waals surface area contributed by atoms with Crippen molar-refractivity contribution in [3.05, 3.63) is 53.1 Å². The van der Waals surface area contributed by atoms with E-state index in [0.29, 0.717) is 5.75 Å². The lowest BCUT2D eigenvalue weighted by Gasteiger charge is -2.30. The van der Waals surface area contributed by atoms with Gasteiger partial charge in [-0.05, 0) is 36.6 Å². The lowest BCUT2D eigenvalue weighted by Crippen LogP contribution is -2.32. The number of rotatable bonds is 4. The number of phenols is 1. The number of nitrogens with zero attached hydrogens (tertiary/aromatic N) is 6. The van der Waals surface area contributed by atoms with E-state index in [1.54, 1.807) is 6.07 Å². The van der Waals surface area contributed by atoms with Gasteiger partial charge in [0, 0.05) is 44.4 Å². The number of aryl methyl sites for hydroxylation is 1. The van der Waals surface area contributed by atoms with Crippen LogP contribution in [0.4, 0.5) is 5.95 Å². The molecule has 2 aromatic heterocycles. The molecule has 0 amide bonds. The molecule has 136 valence electrons. The Morgan fingerprint density at radius 2 is 2.08 bits per heavy atom. The van der Waals surface area contributed by atoms with E-state index in [-0.39, 0.29) is 5.92 Å². The molecule has 1 unspecified atom stereocenters. The molecular formula is C19H24N6O. The topological polar surface area (TPSA) is 72.0 Å². The molecule has 0 spiro atoms. The van der Waals surface area contributed by atoms with Crippen LogP contribution in [0.2, 0.25) is 0 Å². The molecule has 1 aliphatic rings. The quantitative estimate of drug-likeness (QED) is 0.781. The van der Waals surface area contributed by atoms with Crippen LogP contribution in [0.5, 0.6) is 5.75 Å². The van der Waals surface area contributed by atoms with Crippen molar-refractivity contribution < 1.29 is 5.11 Å². The molecule has 0 saturated heterocycles. The van der Waals surface area contributed by atoms with E-state index in [2.05, 4.69) is 38.6 Å². The summed E-state index contributed by atoms with van der Waals surface area (Å²) in [4.78, 5) is 2.27. The first-order chi connectivity index (χ1) is 12.6. The van der Waals surface area contributed by atoms with Crippen LogP contribution in [0.25, 0.3) is 0 Å². The van der Waals surface area contributed by atoms with Crippen molar-refractivity contribution in [2.75, 3.05) is 11.4 Å². The summed E-state index contributed by atoms with van der Waals surface area (Å²) in [7, 11) is 1.93. The Bertz CT molecular complexity index is 928. The molecule has 7 heteroatoms. The molecular weight excluding hydrogens is 328 g/mol. The zero-order valence-electron chi connectivity index (χ0n) is 15.4. The van der Waals surface area contributed by atoms with Crippen molar-refractivity contribution in [1.29, 1.82) is 0 Å². The maximum absolute atomic E-state index is 9.68. The predicted molar refractivity (Wildman–Crippen MR) is 99.3 cm³/mol. The number of anilines is 1. The highest BCUT2D eigenvalue weighted by molar-refractivity contribution is 5.43. The maximum Gasteiger partial charge on any atom is 0.227 e. The standard InChI is InChI=1S/C19H24N6O/c1-4-25-18(13(2)16-10-20-23(3)11-16)21-22-19(25)24-8-7-14-9-17(26)6-5-15(14)12-24/h5-6,9-11,13,26H,4,7-8,12H2,1-3H3. The van der Waals surface area contributed by atoms with Gasteiger partial charge in [-0.1, -0.05) is 13.0 Å². The molecule has 3 aromatic rings. The van der Waals surface area contributed by atoms with Gasteiger partial charge in [0.25, 0.3) is 0 Å². The summed E-state index contributed by atoms with van der Waals surface area (Å²) in [5.74, 6) is 2.35. The molecule has 0 radical (unpaired) electrons. The highest BCUT2D eigenvalue weighted by Gasteiger charge is 2.25. The summed E-state index contributed by atoms with van der Waals surface area (Å²) >= 11 is 0. The smallest absolute Gasteiger partial charge is 0.227 e. The SMILES string of the molecule is CCn1c(C(C)c2cnn(C)c2)nnc1N1CCc2cc(O)ccc2C1. The second kappa shape index (κ2) is 6.48. The molecule has 0 aliphatic carbocycles. The van der Waals surface area contributed by atoms with Gasteiger partial charge in [0.05, 0.1) is 6.20 Å². The van der Waals surface area contributed by atoms with Crippen molar-refractivity contribution in [2.45, 2.75) is 39.3 Å². The summed E-state index contributed by atoms with van der Waals surface area (Å²) in [5, 5.41) is 23.0. The van der Waals surface area contributed by atoms with Crippen molar-refractivity contribution in [1.82, 2.24) is 24.5 Å². The van der Waals surface area contributed by atoms with Crippen LogP contribution < -0.4 is 4.90 Å². The highest BCUT2D eigenvalue weighted by Crippen LogP contribution is 2.29. The number of aromatic nitrogens is 5. The summed E-state index contributed by atoms with van der Waals surface area (Å²) in [5.41, 5.74) is 3.59. The molecule has 1 aliphatic heterocycles. The first-order valence-electron chi connectivity index (χ1n) is 9.04. The minimum absolute atomic E-state index is 0.138. The van der Waals surface area contributed by atoms with Gasteiger partial charge in [-0.3, -0.25) is 9.25 Å².